The van der Waals surface area contributed by atoms with Crippen molar-refractivity contribution in [1.29, 1.82) is 0 Å². The summed E-state index contributed by atoms with van der Waals surface area (Å²) in [5.41, 5.74) is 9.75. The van der Waals surface area contributed by atoms with Crippen molar-refractivity contribution in [3.8, 4) is 0 Å². The van der Waals surface area contributed by atoms with E-state index in [0.29, 0.717) is 6.42 Å². The number of para-hydroxylation sites is 1. The molecule has 0 fully saturated rings. The molecule has 0 aliphatic carbocycles. The minimum atomic E-state index is -0.209. The summed E-state index contributed by atoms with van der Waals surface area (Å²) in [4.78, 5) is 0. The Balaban J connectivity index is 2.38. The maximum absolute atomic E-state index is 13.2. The summed E-state index contributed by atoms with van der Waals surface area (Å²) < 4.78 is 14.1. The lowest BCUT2D eigenvalue weighted by atomic mass is 9.99. The standard InChI is InChI=1S/C14H13BrFN/c1-9-5-6-12(16)8-11(9)7-10-3-2-4-13(15)14(10)17/h2-6,8H,7,17H2,1H3. The lowest BCUT2D eigenvalue weighted by Gasteiger charge is -2.09. The van der Waals surface area contributed by atoms with E-state index >= 15 is 0 Å². The van der Waals surface area contributed by atoms with Crippen LogP contribution >= 0.6 is 15.9 Å². The molecule has 0 atom stereocenters. The van der Waals surface area contributed by atoms with E-state index < -0.39 is 0 Å². The number of nitrogens with two attached hydrogens (primary N) is 1. The van der Waals surface area contributed by atoms with E-state index in [2.05, 4.69) is 15.9 Å². The zero-order valence-electron chi connectivity index (χ0n) is 9.50. The third kappa shape index (κ3) is 2.67. The predicted octanol–water partition coefficient (Wildman–Crippen LogP) is 4.07. The van der Waals surface area contributed by atoms with Gasteiger partial charge < -0.3 is 5.73 Å². The Morgan fingerprint density at radius 3 is 2.71 bits per heavy atom. The Bertz CT molecular complexity index is 552. The zero-order chi connectivity index (χ0) is 12.4. The fourth-order valence-corrected chi connectivity index (χ4v) is 2.18. The van der Waals surface area contributed by atoms with Crippen LogP contribution in [-0.2, 0) is 6.42 Å². The first-order valence-corrected chi connectivity index (χ1v) is 6.15. The maximum Gasteiger partial charge on any atom is 0.123 e. The van der Waals surface area contributed by atoms with E-state index in [1.165, 1.54) is 6.07 Å². The minimum Gasteiger partial charge on any atom is -0.398 e. The van der Waals surface area contributed by atoms with Crippen molar-refractivity contribution >= 4 is 21.6 Å². The molecule has 2 rings (SSSR count). The average molecular weight is 294 g/mol. The second-order valence-electron chi connectivity index (χ2n) is 4.06. The third-order valence-electron chi connectivity index (χ3n) is 2.84. The van der Waals surface area contributed by atoms with Crippen LogP contribution in [0.25, 0.3) is 0 Å². The number of aryl methyl sites for hydroxylation is 1. The number of hydrogen-bond acceptors (Lipinski definition) is 1. The van der Waals surface area contributed by atoms with Gasteiger partial charge in [0.2, 0.25) is 0 Å². The second-order valence-corrected chi connectivity index (χ2v) is 4.91. The topological polar surface area (TPSA) is 26.0 Å². The number of anilines is 1. The van der Waals surface area contributed by atoms with Crippen molar-refractivity contribution in [3.63, 3.8) is 0 Å². The molecule has 0 aliphatic rings. The predicted molar refractivity (Wildman–Crippen MR) is 72.5 cm³/mol. The highest BCUT2D eigenvalue weighted by Gasteiger charge is 2.06. The number of rotatable bonds is 2. The quantitative estimate of drug-likeness (QED) is 0.830. The number of halogens is 2. The van der Waals surface area contributed by atoms with Gasteiger partial charge in [0.15, 0.2) is 0 Å². The first-order chi connectivity index (χ1) is 8.08. The van der Waals surface area contributed by atoms with Gasteiger partial charge in [-0.05, 0) is 64.2 Å². The molecule has 0 saturated heterocycles. The van der Waals surface area contributed by atoms with E-state index in [1.807, 2.05) is 25.1 Å². The van der Waals surface area contributed by atoms with Crippen LogP contribution in [0.2, 0.25) is 0 Å². The maximum atomic E-state index is 13.2. The Hall–Kier alpha value is -1.35. The van der Waals surface area contributed by atoms with Gasteiger partial charge in [0.05, 0.1) is 0 Å². The van der Waals surface area contributed by atoms with E-state index in [0.717, 1.165) is 26.9 Å². The molecule has 2 aromatic carbocycles. The molecular weight excluding hydrogens is 281 g/mol. The SMILES string of the molecule is Cc1ccc(F)cc1Cc1cccc(Br)c1N. The molecule has 17 heavy (non-hydrogen) atoms. The summed E-state index contributed by atoms with van der Waals surface area (Å²) in [6.45, 7) is 1.98. The van der Waals surface area contributed by atoms with Crippen LogP contribution in [0.15, 0.2) is 40.9 Å². The Morgan fingerprint density at radius 1 is 1.18 bits per heavy atom. The zero-order valence-corrected chi connectivity index (χ0v) is 11.1. The average Bonchev–Trinajstić information content (AvgIpc) is 2.30. The van der Waals surface area contributed by atoms with Gasteiger partial charge in [-0.25, -0.2) is 4.39 Å². The number of benzene rings is 2. The first kappa shape index (κ1) is 12.1. The lowest BCUT2D eigenvalue weighted by Crippen LogP contribution is -1.98. The molecule has 0 heterocycles. The fourth-order valence-electron chi connectivity index (χ4n) is 1.77. The van der Waals surface area contributed by atoms with E-state index in [9.17, 15) is 4.39 Å². The molecule has 0 spiro atoms. The van der Waals surface area contributed by atoms with Gasteiger partial charge >= 0.3 is 0 Å². The summed E-state index contributed by atoms with van der Waals surface area (Å²) in [7, 11) is 0. The lowest BCUT2D eigenvalue weighted by molar-refractivity contribution is 0.625. The molecule has 0 amide bonds. The van der Waals surface area contributed by atoms with Crippen LogP contribution in [0.4, 0.5) is 10.1 Å². The Labute approximate surface area is 109 Å². The summed E-state index contributed by atoms with van der Waals surface area (Å²) in [6, 6.07) is 10.6. The monoisotopic (exact) mass is 293 g/mol. The largest absolute Gasteiger partial charge is 0.398 e. The first-order valence-electron chi connectivity index (χ1n) is 5.36. The summed E-state index contributed by atoms with van der Waals surface area (Å²) in [6.07, 6.45) is 0.648. The molecule has 0 bridgehead atoms. The van der Waals surface area contributed by atoms with E-state index in [4.69, 9.17) is 5.73 Å². The molecule has 0 aliphatic heterocycles. The highest BCUT2D eigenvalue weighted by atomic mass is 79.9. The van der Waals surface area contributed by atoms with Gasteiger partial charge in [-0.2, -0.15) is 0 Å². The molecule has 3 heteroatoms. The van der Waals surface area contributed by atoms with Crippen molar-refractivity contribution < 1.29 is 4.39 Å². The molecule has 0 aromatic heterocycles. The fraction of sp³-hybridized carbons (Fsp3) is 0.143. The van der Waals surface area contributed by atoms with Crippen molar-refractivity contribution in [2.24, 2.45) is 0 Å². The van der Waals surface area contributed by atoms with Crippen LogP contribution in [-0.4, -0.2) is 0 Å². The van der Waals surface area contributed by atoms with Crippen LogP contribution < -0.4 is 5.73 Å². The van der Waals surface area contributed by atoms with Gasteiger partial charge in [-0.1, -0.05) is 18.2 Å². The molecule has 0 saturated carbocycles. The highest BCUT2D eigenvalue weighted by Crippen LogP contribution is 2.26. The molecule has 0 radical (unpaired) electrons. The van der Waals surface area contributed by atoms with Crippen molar-refractivity contribution in [2.45, 2.75) is 13.3 Å². The third-order valence-corrected chi connectivity index (χ3v) is 3.53. The van der Waals surface area contributed by atoms with Crippen molar-refractivity contribution in [3.05, 3.63) is 63.4 Å². The molecular formula is C14H13BrFN. The van der Waals surface area contributed by atoms with Crippen LogP contribution in [0.1, 0.15) is 16.7 Å². The van der Waals surface area contributed by atoms with E-state index in [1.54, 1.807) is 12.1 Å². The van der Waals surface area contributed by atoms with Crippen LogP contribution in [0.3, 0.4) is 0 Å². The summed E-state index contributed by atoms with van der Waals surface area (Å²) >= 11 is 3.39. The van der Waals surface area contributed by atoms with Crippen LogP contribution in [0, 0.1) is 12.7 Å². The molecule has 2 N–H and O–H groups in total. The number of hydrogen-bond donors (Lipinski definition) is 1. The smallest absolute Gasteiger partial charge is 0.123 e. The Kier molecular flexibility index (Phi) is 3.48. The molecule has 1 nitrogen and oxygen atoms in total. The molecule has 88 valence electrons. The summed E-state index contributed by atoms with van der Waals surface area (Å²) in [5, 5.41) is 0. The second kappa shape index (κ2) is 4.88. The Morgan fingerprint density at radius 2 is 1.94 bits per heavy atom. The van der Waals surface area contributed by atoms with Gasteiger partial charge in [-0.3, -0.25) is 0 Å². The van der Waals surface area contributed by atoms with Gasteiger partial charge in [0, 0.05) is 10.2 Å². The molecule has 2 aromatic rings. The van der Waals surface area contributed by atoms with Crippen molar-refractivity contribution in [2.75, 3.05) is 5.73 Å². The highest BCUT2D eigenvalue weighted by molar-refractivity contribution is 9.10. The van der Waals surface area contributed by atoms with Crippen LogP contribution in [0.5, 0.6) is 0 Å². The normalized spacial score (nSPS) is 10.5. The van der Waals surface area contributed by atoms with Gasteiger partial charge in [0.1, 0.15) is 5.82 Å². The van der Waals surface area contributed by atoms with Gasteiger partial charge in [0.25, 0.3) is 0 Å². The van der Waals surface area contributed by atoms with Crippen molar-refractivity contribution in [1.82, 2.24) is 0 Å². The minimum absolute atomic E-state index is 0.209. The number of nitrogen functional groups attached to an aromatic ring is 1. The van der Waals surface area contributed by atoms with E-state index in [-0.39, 0.29) is 5.82 Å². The molecule has 0 unspecified atom stereocenters. The summed E-state index contributed by atoms with van der Waals surface area (Å²) in [5.74, 6) is -0.209. The van der Waals surface area contributed by atoms with Gasteiger partial charge in [-0.15, -0.1) is 0 Å².